The Hall–Kier alpha value is -1.71. The van der Waals surface area contributed by atoms with Crippen LogP contribution in [0.4, 0.5) is 0 Å². The van der Waals surface area contributed by atoms with Gasteiger partial charge in [-0.15, -0.1) is 0 Å². The maximum atomic E-state index is 11.4. The molecule has 0 saturated heterocycles. The summed E-state index contributed by atoms with van der Waals surface area (Å²) in [4.78, 5) is 11.4. The van der Waals surface area contributed by atoms with Crippen LogP contribution < -0.4 is 4.74 Å². The van der Waals surface area contributed by atoms with Gasteiger partial charge in [0, 0.05) is 16.5 Å². The van der Waals surface area contributed by atoms with E-state index in [0.717, 1.165) is 11.1 Å². The molecule has 2 aromatic rings. The van der Waals surface area contributed by atoms with E-state index in [0.29, 0.717) is 15.8 Å². The molecular formula is C16H14Cl2O3. The van der Waals surface area contributed by atoms with Crippen molar-refractivity contribution in [1.29, 1.82) is 0 Å². The minimum absolute atomic E-state index is 0.224. The Labute approximate surface area is 133 Å². The Balaban J connectivity index is 2.17. The summed E-state index contributed by atoms with van der Waals surface area (Å²) in [7, 11) is 0. The topological polar surface area (TPSA) is 46.5 Å². The summed E-state index contributed by atoms with van der Waals surface area (Å²) >= 11 is 11.9. The molecule has 0 spiro atoms. The van der Waals surface area contributed by atoms with Crippen molar-refractivity contribution in [2.75, 3.05) is 0 Å². The summed E-state index contributed by atoms with van der Waals surface area (Å²) in [5, 5.41) is 10.4. The molecular weight excluding hydrogens is 311 g/mol. The quantitative estimate of drug-likeness (QED) is 0.887. The number of halogens is 2. The Morgan fingerprint density at radius 1 is 1.19 bits per heavy atom. The van der Waals surface area contributed by atoms with Gasteiger partial charge in [0.1, 0.15) is 5.75 Å². The van der Waals surface area contributed by atoms with Gasteiger partial charge in [-0.1, -0.05) is 35.3 Å². The average molecular weight is 325 g/mol. The highest BCUT2D eigenvalue weighted by Gasteiger charge is 2.20. The van der Waals surface area contributed by atoms with Gasteiger partial charge in [0.25, 0.3) is 0 Å². The summed E-state index contributed by atoms with van der Waals surface area (Å²) in [6.07, 6.45) is -0.775. The van der Waals surface area contributed by atoms with Crippen LogP contribution in [0.2, 0.25) is 10.0 Å². The van der Waals surface area contributed by atoms with Crippen LogP contribution in [-0.2, 0) is 11.2 Å². The van der Waals surface area contributed by atoms with E-state index in [1.807, 2.05) is 13.0 Å². The molecule has 0 saturated carbocycles. The fourth-order valence-corrected chi connectivity index (χ4v) is 2.49. The van der Waals surface area contributed by atoms with Crippen LogP contribution in [0.5, 0.6) is 5.75 Å². The first-order valence-electron chi connectivity index (χ1n) is 6.35. The van der Waals surface area contributed by atoms with E-state index in [4.69, 9.17) is 27.9 Å². The standard InChI is InChI=1S/C16H14Cl2O3/c1-10-5-13(18)9-14(6-10)21-15(16(19)20)8-11-3-2-4-12(17)7-11/h2-7,9,15H,8H2,1H3,(H,19,20). The monoisotopic (exact) mass is 324 g/mol. The molecule has 21 heavy (non-hydrogen) atoms. The average Bonchev–Trinajstić information content (AvgIpc) is 2.36. The molecule has 0 fully saturated rings. The molecule has 2 aromatic carbocycles. The van der Waals surface area contributed by atoms with E-state index in [1.54, 1.807) is 36.4 Å². The summed E-state index contributed by atoms with van der Waals surface area (Å²) in [5.74, 6) is -0.595. The lowest BCUT2D eigenvalue weighted by molar-refractivity contribution is -0.145. The zero-order valence-electron chi connectivity index (χ0n) is 11.3. The van der Waals surface area contributed by atoms with E-state index < -0.39 is 12.1 Å². The number of carboxylic acids is 1. The number of carbonyl (C=O) groups is 1. The molecule has 1 unspecified atom stereocenters. The molecule has 0 bridgehead atoms. The van der Waals surface area contributed by atoms with Gasteiger partial charge in [0.15, 0.2) is 6.10 Å². The lowest BCUT2D eigenvalue weighted by atomic mass is 10.1. The zero-order chi connectivity index (χ0) is 15.4. The van der Waals surface area contributed by atoms with E-state index >= 15 is 0 Å². The highest BCUT2D eigenvalue weighted by molar-refractivity contribution is 6.31. The van der Waals surface area contributed by atoms with Crippen molar-refractivity contribution in [1.82, 2.24) is 0 Å². The molecule has 0 heterocycles. The molecule has 1 N–H and O–H groups in total. The van der Waals surface area contributed by atoms with E-state index in [9.17, 15) is 9.90 Å². The van der Waals surface area contributed by atoms with Gasteiger partial charge in [-0.2, -0.15) is 0 Å². The van der Waals surface area contributed by atoms with E-state index in [2.05, 4.69) is 0 Å². The summed E-state index contributed by atoms with van der Waals surface area (Å²) in [6, 6.07) is 12.2. The maximum Gasteiger partial charge on any atom is 0.345 e. The number of aryl methyl sites for hydroxylation is 1. The van der Waals surface area contributed by atoms with Crippen LogP contribution in [0.1, 0.15) is 11.1 Å². The number of ether oxygens (including phenoxy) is 1. The lowest BCUT2D eigenvalue weighted by Gasteiger charge is -2.16. The second kappa shape index (κ2) is 6.83. The highest BCUT2D eigenvalue weighted by atomic mass is 35.5. The Morgan fingerprint density at radius 3 is 2.57 bits per heavy atom. The first kappa shape index (κ1) is 15.7. The van der Waals surface area contributed by atoms with E-state index in [1.165, 1.54) is 0 Å². The molecule has 0 aromatic heterocycles. The number of hydrogen-bond donors (Lipinski definition) is 1. The van der Waals surface area contributed by atoms with Crippen molar-refractivity contribution < 1.29 is 14.6 Å². The molecule has 0 aliphatic rings. The van der Waals surface area contributed by atoms with Crippen LogP contribution in [0.3, 0.4) is 0 Å². The number of aliphatic carboxylic acids is 1. The zero-order valence-corrected chi connectivity index (χ0v) is 12.9. The van der Waals surface area contributed by atoms with Gasteiger partial charge in [-0.05, 0) is 48.4 Å². The molecule has 5 heteroatoms. The molecule has 1 atom stereocenters. The number of rotatable bonds is 5. The van der Waals surface area contributed by atoms with Crippen molar-refractivity contribution >= 4 is 29.2 Å². The third-order valence-electron chi connectivity index (χ3n) is 2.88. The van der Waals surface area contributed by atoms with Crippen molar-refractivity contribution in [3.8, 4) is 5.75 Å². The predicted molar refractivity (Wildman–Crippen MR) is 83.4 cm³/mol. The van der Waals surface area contributed by atoms with Gasteiger partial charge in [-0.25, -0.2) is 4.79 Å². The maximum absolute atomic E-state index is 11.4. The third-order valence-corrected chi connectivity index (χ3v) is 3.33. The molecule has 0 radical (unpaired) electrons. The van der Waals surface area contributed by atoms with E-state index in [-0.39, 0.29) is 6.42 Å². The molecule has 0 aliphatic carbocycles. The largest absolute Gasteiger partial charge is 0.478 e. The predicted octanol–water partition coefficient (Wildman–Crippen LogP) is 4.38. The van der Waals surface area contributed by atoms with Crippen LogP contribution in [-0.4, -0.2) is 17.2 Å². The van der Waals surface area contributed by atoms with Crippen molar-refractivity contribution in [2.45, 2.75) is 19.4 Å². The Bertz CT molecular complexity index is 635. The lowest BCUT2D eigenvalue weighted by Crippen LogP contribution is -2.29. The van der Waals surface area contributed by atoms with Crippen LogP contribution >= 0.6 is 23.2 Å². The summed E-state index contributed by atoms with van der Waals surface area (Å²) < 4.78 is 5.55. The fraction of sp³-hybridized carbons (Fsp3) is 0.188. The van der Waals surface area contributed by atoms with Crippen LogP contribution in [0.25, 0.3) is 0 Å². The minimum Gasteiger partial charge on any atom is -0.478 e. The SMILES string of the molecule is Cc1cc(Cl)cc(OC(Cc2cccc(Cl)c2)C(=O)O)c1. The van der Waals surface area contributed by atoms with Crippen molar-refractivity contribution in [3.05, 3.63) is 63.6 Å². The van der Waals surface area contributed by atoms with Crippen molar-refractivity contribution in [2.24, 2.45) is 0 Å². The Kier molecular flexibility index (Phi) is 5.10. The van der Waals surface area contributed by atoms with Gasteiger partial charge in [0.2, 0.25) is 0 Å². The normalized spacial score (nSPS) is 12.0. The first-order valence-corrected chi connectivity index (χ1v) is 7.11. The molecule has 110 valence electrons. The van der Waals surface area contributed by atoms with Gasteiger partial charge >= 0.3 is 5.97 Å². The molecule has 3 nitrogen and oxygen atoms in total. The number of carboxylic acid groups (broad SMARTS) is 1. The van der Waals surface area contributed by atoms with Gasteiger partial charge in [0.05, 0.1) is 0 Å². The van der Waals surface area contributed by atoms with Crippen molar-refractivity contribution in [3.63, 3.8) is 0 Å². The smallest absolute Gasteiger partial charge is 0.345 e. The molecule has 0 aliphatic heterocycles. The minimum atomic E-state index is -1.03. The molecule has 2 rings (SSSR count). The van der Waals surface area contributed by atoms with Crippen LogP contribution in [0, 0.1) is 6.92 Å². The highest BCUT2D eigenvalue weighted by Crippen LogP contribution is 2.23. The van der Waals surface area contributed by atoms with Gasteiger partial charge < -0.3 is 9.84 Å². The number of benzene rings is 2. The second-order valence-electron chi connectivity index (χ2n) is 4.74. The molecule has 0 amide bonds. The van der Waals surface area contributed by atoms with Crippen LogP contribution in [0.15, 0.2) is 42.5 Å². The fourth-order valence-electron chi connectivity index (χ4n) is 1.99. The Morgan fingerprint density at radius 2 is 1.95 bits per heavy atom. The second-order valence-corrected chi connectivity index (χ2v) is 5.62. The third kappa shape index (κ3) is 4.66. The summed E-state index contributed by atoms with van der Waals surface area (Å²) in [5.41, 5.74) is 1.71. The van der Waals surface area contributed by atoms with Gasteiger partial charge in [-0.3, -0.25) is 0 Å². The number of hydrogen-bond acceptors (Lipinski definition) is 2. The first-order chi connectivity index (χ1) is 9.94. The summed E-state index contributed by atoms with van der Waals surface area (Å²) in [6.45, 7) is 1.87.